The Kier molecular flexibility index (Phi) is 5.88. The first-order valence-corrected chi connectivity index (χ1v) is 10.8. The standard InChI is InChI=1S/C24H35NO3/c1-6-28-22(27)21(26)25-15-23(4)12-7-13-24(5)19-10-8-17(16(2)3)14-18(19)9-11-20(23)24/h8,10,14,16,20H,6-7,9,11-13,15H2,1-5H3,(H,25,26)/t20-,23-,24+/m0/s1. The zero-order valence-corrected chi connectivity index (χ0v) is 18.1. The summed E-state index contributed by atoms with van der Waals surface area (Å²) in [5.74, 6) is -0.354. The van der Waals surface area contributed by atoms with Gasteiger partial charge in [-0.3, -0.25) is 4.79 Å². The lowest BCUT2D eigenvalue weighted by Gasteiger charge is -2.55. The number of hydrogen-bond donors (Lipinski definition) is 1. The molecule has 3 atom stereocenters. The molecule has 0 aromatic heterocycles. The summed E-state index contributed by atoms with van der Waals surface area (Å²) in [6, 6.07) is 7.07. The van der Waals surface area contributed by atoms with Crippen LogP contribution in [-0.2, 0) is 26.2 Å². The first-order valence-electron chi connectivity index (χ1n) is 10.8. The van der Waals surface area contributed by atoms with E-state index in [-0.39, 0.29) is 17.4 Å². The van der Waals surface area contributed by atoms with E-state index in [2.05, 4.69) is 51.2 Å². The number of esters is 1. The third kappa shape index (κ3) is 3.70. The van der Waals surface area contributed by atoms with E-state index in [0.29, 0.717) is 18.4 Å². The highest BCUT2D eigenvalue weighted by Gasteiger charge is 2.51. The molecule has 2 aliphatic carbocycles. The van der Waals surface area contributed by atoms with Gasteiger partial charge in [-0.2, -0.15) is 0 Å². The predicted octanol–water partition coefficient (Wildman–Crippen LogP) is 4.50. The number of fused-ring (bicyclic) bond motifs is 3. The topological polar surface area (TPSA) is 55.4 Å². The Balaban J connectivity index is 1.82. The van der Waals surface area contributed by atoms with Gasteiger partial charge in [-0.1, -0.05) is 52.3 Å². The molecule has 1 aromatic rings. The highest BCUT2D eigenvalue weighted by molar-refractivity contribution is 6.32. The maximum atomic E-state index is 12.1. The third-order valence-corrected chi connectivity index (χ3v) is 7.28. The molecule has 1 fully saturated rings. The normalized spacial score (nSPS) is 29.0. The number of rotatable bonds is 4. The van der Waals surface area contributed by atoms with Crippen LogP contribution >= 0.6 is 0 Å². The number of ether oxygens (including phenoxy) is 1. The summed E-state index contributed by atoms with van der Waals surface area (Å²) >= 11 is 0. The van der Waals surface area contributed by atoms with Crippen molar-refractivity contribution in [2.45, 2.75) is 78.1 Å². The maximum absolute atomic E-state index is 12.1. The van der Waals surface area contributed by atoms with Gasteiger partial charge >= 0.3 is 11.9 Å². The lowest BCUT2D eigenvalue weighted by atomic mass is 9.49. The summed E-state index contributed by atoms with van der Waals surface area (Å²) in [6.45, 7) is 11.7. The van der Waals surface area contributed by atoms with Crippen molar-refractivity contribution >= 4 is 11.9 Å². The number of carbonyl (C=O) groups excluding carboxylic acids is 2. The molecular formula is C24H35NO3. The van der Waals surface area contributed by atoms with Crippen LogP contribution in [0.4, 0.5) is 0 Å². The van der Waals surface area contributed by atoms with E-state index < -0.39 is 11.9 Å². The molecule has 1 saturated carbocycles. The maximum Gasteiger partial charge on any atom is 0.396 e. The zero-order valence-electron chi connectivity index (χ0n) is 18.1. The van der Waals surface area contributed by atoms with Gasteiger partial charge in [0.05, 0.1) is 6.61 Å². The number of hydrogen-bond acceptors (Lipinski definition) is 3. The van der Waals surface area contributed by atoms with E-state index in [0.717, 1.165) is 25.7 Å². The van der Waals surface area contributed by atoms with E-state index in [1.165, 1.54) is 23.1 Å². The second-order valence-electron chi connectivity index (χ2n) is 9.49. The van der Waals surface area contributed by atoms with Crippen LogP contribution in [0.1, 0.15) is 82.9 Å². The molecule has 0 spiro atoms. The minimum Gasteiger partial charge on any atom is -0.459 e. The zero-order chi connectivity index (χ0) is 20.5. The molecule has 0 unspecified atom stereocenters. The van der Waals surface area contributed by atoms with Crippen LogP contribution in [0.15, 0.2) is 18.2 Å². The number of amides is 1. The number of benzene rings is 1. The molecule has 28 heavy (non-hydrogen) atoms. The van der Waals surface area contributed by atoms with Crippen LogP contribution < -0.4 is 5.32 Å². The van der Waals surface area contributed by atoms with Gasteiger partial charge in [-0.05, 0) is 72.0 Å². The molecule has 1 N–H and O–H groups in total. The highest BCUT2D eigenvalue weighted by atomic mass is 16.5. The molecule has 1 amide bonds. The second kappa shape index (κ2) is 7.88. The lowest BCUT2D eigenvalue weighted by molar-refractivity contribution is -0.155. The van der Waals surface area contributed by atoms with Crippen molar-refractivity contribution in [3.05, 3.63) is 34.9 Å². The summed E-state index contributed by atoms with van der Waals surface area (Å²) < 4.78 is 4.83. The second-order valence-corrected chi connectivity index (χ2v) is 9.49. The Morgan fingerprint density at radius 3 is 2.68 bits per heavy atom. The van der Waals surface area contributed by atoms with Gasteiger partial charge in [-0.15, -0.1) is 0 Å². The summed E-state index contributed by atoms with van der Waals surface area (Å²) in [7, 11) is 0. The van der Waals surface area contributed by atoms with Crippen molar-refractivity contribution in [3.63, 3.8) is 0 Å². The third-order valence-electron chi connectivity index (χ3n) is 7.28. The molecular weight excluding hydrogens is 350 g/mol. The SMILES string of the molecule is CCOC(=O)C(=O)NC[C@]1(C)CCC[C@]2(C)c3ccc(C(C)C)cc3CC[C@@H]12. The van der Waals surface area contributed by atoms with Crippen molar-refractivity contribution in [1.82, 2.24) is 5.32 Å². The van der Waals surface area contributed by atoms with Crippen molar-refractivity contribution in [2.24, 2.45) is 11.3 Å². The molecule has 2 aliphatic rings. The van der Waals surface area contributed by atoms with Gasteiger partial charge in [0.25, 0.3) is 0 Å². The number of nitrogens with one attached hydrogen (secondary N) is 1. The molecule has 0 saturated heterocycles. The molecule has 0 aliphatic heterocycles. The first kappa shape index (κ1) is 20.9. The highest BCUT2D eigenvalue weighted by Crippen LogP contribution is 2.57. The monoisotopic (exact) mass is 385 g/mol. The Bertz CT molecular complexity index is 756. The lowest BCUT2D eigenvalue weighted by Crippen LogP contribution is -2.53. The van der Waals surface area contributed by atoms with E-state index in [9.17, 15) is 9.59 Å². The largest absolute Gasteiger partial charge is 0.459 e. The van der Waals surface area contributed by atoms with Crippen LogP contribution in [0.25, 0.3) is 0 Å². The quantitative estimate of drug-likeness (QED) is 0.613. The van der Waals surface area contributed by atoms with Gasteiger partial charge in [0, 0.05) is 6.54 Å². The van der Waals surface area contributed by atoms with Crippen LogP contribution in [0.5, 0.6) is 0 Å². The molecule has 0 radical (unpaired) electrons. The molecule has 4 nitrogen and oxygen atoms in total. The van der Waals surface area contributed by atoms with Crippen molar-refractivity contribution < 1.29 is 14.3 Å². The van der Waals surface area contributed by atoms with Crippen LogP contribution in [0.3, 0.4) is 0 Å². The number of carbonyl (C=O) groups is 2. The average molecular weight is 386 g/mol. The fraction of sp³-hybridized carbons (Fsp3) is 0.667. The minimum absolute atomic E-state index is 0.0104. The van der Waals surface area contributed by atoms with Crippen molar-refractivity contribution in [1.29, 1.82) is 0 Å². The molecule has 4 heteroatoms. The van der Waals surface area contributed by atoms with Gasteiger partial charge < -0.3 is 10.1 Å². The molecule has 3 rings (SSSR count). The van der Waals surface area contributed by atoms with E-state index in [1.54, 1.807) is 6.92 Å². The summed E-state index contributed by atoms with van der Waals surface area (Å²) in [5, 5.41) is 2.86. The van der Waals surface area contributed by atoms with Gasteiger partial charge in [0.15, 0.2) is 0 Å². The average Bonchev–Trinajstić information content (AvgIpc) is 2.65. The Morgan fingerprint density at radius 2 is 2.00 bits per heavy atom. The van der Waals surface area contributed by atoms with E-state index >= 15 is 0 Å². The predicted molar refractivity (Wildman–Crippen MR) is 111 cm³/mol. The Morgan fingerprint density at radius 1 is 1.25 bits per heavy atom. The minimum atomic E-state index is -0.778. The van der Waals surface area contributed by atoms with Gasteiger partial charge in [0.2, 0.25) is 0 Å². The van der Waals surface area contributed by atoms with Crippen LogP contribution in [-0.4, -0.2) is 25.0 Å². The van der Waals surface area contributed by atoms with E-state index in [4.69, 9.17) is 4.74 Å². The molecule has 154 valence electrons. The van der Waals surface area contributed by atoms with Gasteiger partial charge in [0.1, 0.15) is 0 Å². The fourth-order valence-corrected chi connectivity index (χ4v) is 5.77. The Hall–Kier alpha value is -1.84. The summed E-state index contributed by atoms with van der Waals surface area (Å²) in [5.41, 5.74) is 4.54. The smallest absolute Gasteiger partial charge is 0.396 e. The van der Waals surface area contributed by atoms with E-state index in [1.807, 2.05) is 0 Å². The summed E-state index contributed by atoms with van der Waals surface area (Å²) in [4.78, 5) is 23.8. The fourth-order valence-electron chi connectivity index (χ4n) is 5.77. The molecule has 1 aromatic carbocycles. The Labute approximate surface area is 169 Å². The van der Waals surface area contributed by atoms with Crippen molar-refractivity contribution in [3.8, 4) is 0 Å². The first-order chi connectivity index (χ1) is 13.2. The van der Waals surface area contributed by atoms with Gasteiger partial charge in [-0.25, -0.2) is 4.79 Å². The van der Waals surface area contributed by atoms with Crippen LogP contribution in [0.2, 0.25) is 0 Å². The van der Waals surface area contributed by atoms with Crippen LogP contribution in [0, 0.1) is 11.3 Å². The van der Waals surface area contributed by atoms with Crippen molar-refractivity contribution in [2.75, 3.05) is 13.2 Å². The molecule has 0 heterocycles. The number of aryl methyl sites for hydroxylation is 1. The molecule has 0 bridgehead atoms. The summed E-state index contributed by atoms with van der Waals surface area (Å²) in [6.07, 6.45) is 5.64.